The fourth-order valence-corrected chi connectivity index (χ4v) is 3.81. The van der Waals surface area contributed by atoms with Crippen LogP contribution in [0.25, 0.3) is 0 Å². The van der Waals surface area contributed by atoms with E-state index in [1.165, 1.54) is 18.4 Å². The van der Waals surface area contributed by atoms with Crippen LogP contribution in [0.4, 0.5) is 0 Å². The van der Waals surface area contributed by atoms with Gasteiger partial charge in [0.15, 0.2) is 0 Å². The Morgan fingerprint density at radius 1 is 1.17 bits per heavy atom. The van der Waals surface area contributed by atoms with Crippen molar-refractivity contribution in [2.75, 3.05) is 0 Å². The molecule has 3 nitrogen and oxygen atoms in total. The molecule has 3 N–H and O–H groups in total. The molecule has 0 saturated carbocycles. The number of benzene rings is 1. The van der Waals surface area contributed by atoms with Crippen molar-refractivity contribution in [1.82, 2.24) is 4.90 Å². The number of phenols is 1. The molecule has 3 unspecified atom stereocenters. The Kier molecular flexibility index (Phi) is 3.04. The minimum absolute atomic E-state index is 0.342. The maximum atomic E-state index is 9.37. The van der Waals surface area contributed by atoms with Gasteiger partial charge in [0.05, 0.1) is 0 Å². The Labute approximate surface area is 109 Å². The first-order valence-electron chi connectivity index (χ1n) is 6.97. The standard InChI is InChI=1S/C15H22N2O/c1-10(11-2-6-15(18)7-3-11)17-13-4-5-14(17)9-12(16)8-13/h2-3,6-7,10,12-14,18H,4-5,8-9,16H2,1H3. The summed E-state index contributed by atoms with van der Waals surface area (Å²) < 4.78 is 0. The van der Waals surface area contributed by atoms with Crippen LogP contribution in [0.3, 0.4) is 0 Å². The van der Waals surface area contributed by atoms with Crippen molar-refractivity contribution in [3.8, 4) is 5.75 Å². The van der Waals surface area contributed by atoms with Gasteiger partial charge >= 0.3 is 0 Å². The number of fused-ring (bicyclic) bond motifs is 2. The molecule has 18 heavy (non-hydrogen) atoms. The maximum Gasteiger partial charge on any atom is 0.115 e. The summed E-state index contributed by atoms with van der Waals surface area (Å²) in [5, 5.41) is 9.37. The number of phenolic OH excluding ortho intramolecular Hbond substituents is 1. The molecular formula is C15H22N2O. The van der Waals surface area contributed by atoms with E-state index in [0.29, 0.717) is 29.9 Å². The predicted molar refractivity (Wildman–Crippen MR) is 72.4 cm³/mol. The molecule has 0 amide bonds. The molecule has 0 spiro atoms. The molecule has 3 atom stereocenters. The van der Waals surface area contributed by atoms with Gasteiger partial charge in [-0.25, -0.2) is 0 Å². The maximum absolute atomic E-state index is 9.37. The van der Waals surface area contributed by atoms with Gasteiger partial charge in [-0.2, -0.15) is 0 Å². The van der Waals surface area contributed by atoms with E-state index in [4.69, 9.17) is 5.73 Å². The van der Waals surface area contributed by atoms with Gasteiger partial charge in [-0.1, -0.05) is 12.1 Å². The third-order valence-corrected chi connectivity index (χ3v) is 4.65. The minimum atomic E-state index is 0.342. The molecule has 0 aliphatic carbocycles. The van der Waals surface area contributed by atoms with Crippen molar-refractivity contribution in [1.29, 1.82) is 0 Å². The first-order chi connectivity index (χ1) is 8.65. The summed E-state index contributed by atoms with van der Waals surface area (Å²) in [6, 6.07) is 9.76. The van der Waals surface area contributed by atoms with E-state index in [0.717, 1.165) is 12.8 Å². The van der Waals surface area contributed by atoms with Crippen LogP contribution in [0.5, 0.6) is 5.75 Å². The zero-order valence-electron chi connectivity index (χ0n) is 10.9. The van der Waals surface area contributed by atoms with Gasteiger partial charge in [-0.3, -0.25) is 4.90 Å². The van der Waals surface area contributed by atoms with E-state index >= 15 is 0 Å². The summed E-state index contributed by atoms with van der Waals surface area (Å²) in [5.41, 5.74) is 7.41. The lowest BCUT2D eigenvalue weighted by Crippen LogP contribution is -2.48. The molecular weight excluding hydrogens is 224 g/mol. The SMILES string of the molecule is CC(c1ccc(O)cc1)N1C2CCC1CC(N)C2. The number of aromatic hydroxyl groups is 1. The van der Waals surface area contributed by atoms with Crippen LogP contribution in [0, 0.1) is 0 Å². The second-order valence-corrected chi connectivity index (χ2v) is 5.83. The summed E-state index contributed by atoms with van der Waals surface area (Å²) in [6.45, 7) is 2.27. The minimum Gasteiger partial charge on any atom is -0.508 e. The Balaban J connectivity index is 1.81. The number of piperidine rings is 1. The summed E-state index contributed by atoms with van der Waals surface area (Å²) in [5.74, 6) is 0.342. The number of hydrogen-bond donors (Lipinski definition) is 2. The van der Waals surface area contributed by atoms with Crippen LogP contribution in [0.15, 0.2) is 24.3 Å². The average molecular weight is 246 g/mol. The van der Waals surface area contributed by atoms with E-state index < -0.39 is 0 Å². The Morgan fingerprint density at radius 2 is 1.72 bits per heavy atom. The molecule has 2 bridgehead atoms. The van der Waals surface area contributed by atoms with Crippen LogP contribution in [-0.2, 0) is 0 Å². The van der Waals surface area contributed by atoms with Gasteiger partial charge in [0, 0.05) is 24.2 Å². The Bertz CT molecular complexity index is 403. The van der Waals surface area contributed by atoms with Crippen LogP contribution in [0.2, 0.25) is 0 Å². The molecule has 0 aromatic heterocycles. The number of rotatable bonds is 2. The first-order valence-corrected chi connectivity index (χ1v) is 6.97. The molecule has 0 radical (unpaired) electrons. The monoisotopic (exact) mass is 246 g/mol. The zero-order valence-corrected chi connectivity index (χ0v) is 10.9. The molecule has 2 aliphatic heterocycles. The van der Waals surface area contributed by atoms with Crippen molar-refractivity contribution in [3.05, 3.63) is 29.8 Å². The smallest absolute Gasteiger partial charge is 0.115 e. The Morgan fingerprint density at radius 3 is 2.28 bits per heavy atom. The number of hydrogen-bond acceptors (Lipinski definition) is 3. The van der Waals surface area contributed by atoms with Crippen molar-refractivity contribution >= 4 is 0 Å². The lowest BCUT2D eigenvalue weighted by molar-refractivity contribution is 0.0854. The van der Waals surface area contributed by atoms with Crippen LogP contribution in [-0.4, -0.2) is 28.1 Å². The van der Waals surface area contributed by atoms with Crippen LogP contribution >= 0.6 is 0 Å². The third-order valence-electron chi connectivity index (χ3n) is 4.65. The second-order valence-electron chi connectivity index (χ2n) is 5.83. The first kappa shape index (κ1) is 12.0. The highest BCUT2D eigenvalue weighted by Crippen LogP contribution is 2.41. The van der Waals surface area contributed by atoms with E-state index in [-0.39, 0.29) is 0 Å². The summed E-state index contributed by atoms with van der Waals surface area (Å²) in [7, 11) is 0. The van der Waals surface area contributed by atoms with Gasteiger partial charge in [-0.15, -0.1) is 0 Å². The van der Waals surface area contributed by atoms with Gasteiger partial charge in [-0.05, 0) is 50.3 Å². The van der Waals surface area contributed by atoms with E-state index in [9.17, 15) is 5.11 Å². The van der Waals surface area contributed by atoms with Gasteiger partial charge < -0.3 is 10.8 Å². The van der Waals surface area contributed by atoms with Crippen molar-refractivity contribution in [3.63, 3.8) is 0 Å². The average Bonchev–Trinajstić information content (AvgIpc) is 2.62. The molecule has 2 heterocycles. The largest absolute Gasteiger partial charge is 0.508 e. The van der Waals surface area contributed by atoms with Crippen LogP contribution in [0.1, 0.15) is 44.2 Å². The second kappa shape index (κ2) is 4.56. The number of nitrogens with two attached hydrogens (primary N) is 1. The molecule has 2 saturated heterocycles. The van der Waals surface area contributed by atoms with E-state index in [2.05, 4.69) is 11.8 Å². The van der Waals surface area contributed by atoms with Crippen LogP contribution < -0.4 is 5.73 Å². The third kappa shape index (κ3) is 2.02. The van der Waals surface area contributed by atoms with Crippen molar-refractivity contribution in [2.24, 2.45) is 5.73 Å². The van der Waals surface area contributed by atoms with Crippen molar-refractivity contribution < 1.29 is 5.11 Å². The van der Waals surface area contributed by atoms with Gasteiger partial charge in [0.1, 0.15) is 5.75 Å². The lowest BCUT2D eigenvalue weighted by atomic mass is 9.94. The normalized spacial score (nSPS) is 33.6. The molecule has 2 aliphatic rings. The highest BCUT2D eigenvalue weighted by atomic mass is 16.3. The molecule has 3 heteroatoms. The predicted octanol–water partition coefficient (Wildman–Crippen LogP) is 2.41. The molecule has 1 aromatic carbocycles. The fourth-order valence-electron chi connectivity index (χ4n) is 3.81. The quantitative estimate of drug-likeness (QED) is 0.842. The summed E-state index contributed by atoms with van der Waals surface area (Å²) >= 11 is 0. The highest BCUT2D eigenvalue weighted by molar-refractivity contribution is 5.28. The Hall–Kier alpha value is -1.06. The van der Waals surface area contributed by atoms with Gasteiger partial charge in [0.25, 0.3) is 0 Å². The van der Waals surface area contributed by atoms with Gasteiger partial charge in [0.2, 0.25) is 0 Å². The van der Waals surface area contributed by atoms with Crippen molar-refractivity contribution in [2.45, 2.75) is 56.8 Å². The van der Waals surface area contributed by atoms with E-state index in [1.807, 2.05) is 12.1 Å². The summed E-state index contributed by atoms with van der Waals surface area (Å²) in [4.78, 5) is 2.65. The zero-order chi connectivity index (χ0) is 12.7. The molecule has 1 aromatic rings. The molecule has 3 rings (SSSR count). The van der Waals surface area contributed by atoms with E-state index in [1.54, 1.807) is 12.1 Å². The molecule has 2 fully saturated rings. The lowest BCUT2D eigenvalue weighted by Gasteiger charge is -2.41. The molecule has 98 valence electrons. The summed E-state index contributed by atoms with van der Waals surface area (Å²) in [6.07, 6.45) is 4.86. The highest BCUT2D eigenvalue weighted by Gasteiger charge is 2.41. The topological polar surface area (TPSA) is 49.5 Å². The fraction of sp³-hybridized carbons (Fsp3) is 0.600. The number of nitrogens with zero attached hydrogens (tertiary/aromatic N) is 1.